The summed E-state index contributed by atoms with van der Waals surface area (Å²) in [5.41, 5.74) is 1.11. The van der Waals surface area contributed by atoms with Crippen LogP contribution in [0.2, 0.25) is 0 Å². The molecule has 18 heavy (non-hydrogen) atoms. The van der Waals surface area contributed by atoms with Crippen LogP contribution in [0.5, 0.6) is 0 Å². The number of halogens is 4. The van der Waals surface area contributed by atoms with E-state index in [1.807, 2.05) is 31.2 Å². The second-order valence-corrected chi connectivity index (χ2v) is 5.24. The zero-order valence-electron chi connectivity index (χ0n) is 10.2. The van der Waals surface area contributed by atoms with Crippen molar-refractivity contribution in [2.24, 2.45) is 0 Å². The van der Waals surface area contributed by atoms with Gasteiger partial charge in [-0.15, -0.1) is 0 Å². The SMILES string of the molecule is CC(CCCC(F)(F)F)NCc1ccccc1Br. The van der Waals surface area contributed by atoms with Crippen molar-refractivity contribution in [1.82, 2.24) is 5.32 Å². The summed E-state index contributed by atoms with van der Waals surface area (Å²) >= 11 is 3.44. The summed E-state index contributed by atoms with van der Waals surface area (Å²) in [6.45, 7) is 2.57. The molecule has 5 heteroatoms. The maximum absolute atomic E-state index is 12.0. The Morgan fingerprint density at radius 1 is 1.28 bits per heavy atom. The van der Waals surface area contributed by atoms with E-state index >= 15 is 0 Å². The molecule has 0 spiro atoms. The fourth-order valence-electron chi connectivity index (χ4n) is 1.64. The zero-order valence-corrected chi connectivity index (χ0v) is 11.8. The third kappa shape index (κ3) is 6.40. The molecular weight excluding hydrogens is 307 g/mol. The lowest BCUT2D eigenvalue weighted by Crippen LogP contribution is -2.26. The Morgan fingerprint density at radius 2 is 1.94 bits per heavy atom. The van der Waals surface area contributed by atoms with E-state index in [2.05, 4.69) is 21.2 Å². The van der Waals surface area contributed by atoms with Gasteiger partial charge in [0.25, 0.3) is 0 Å². The predicted molar refractivity (Wildman–Crippen MR) is 70.3 cm³/mol. The molecule has 1 unspecified atom stereocenters. The summed E-state index contributed by atoms with van der Waals surface area (Å²) in [7, 11) is 0. The zero-order chi connectivity index (χ0) is 13.6. The molecule has 0 saturated carbocycles. The molecule has 102 valence electrons. The van der Waals surface area contributed by atoms with Crippen LogP contribution in [-0.4, -0.2) is 12.2 Å². The van der Waals surface area contributed by atoms with Gasteiger partial charge in [-0.1, -0.05) is 34.1 Å². The molecule has 0 radical (unpaired) electrons. The van der Waals surface area contributed by atoms with Crippen LogP contribution in [-0.2, 0) is 6.54 Å². The highest BCUT2D eigenvalue weighted by atomic mass is 79.9. The van der Waals surface area contributed by atoms with E-state index in [4.69, 9.17) is 0 Å². The maximum atomic E-state index is 12.0. The van der Waals surface area contributed by atoms with E-state index in [0.29, 0.717) is 13.0 Å². The van der Waals surface area contributed by atoms with Gasteiger partial charge in [0.1, 0.15) is 0 Å². The van der Waals surface area contributed by atoms with Crippen molar-refractivity contribution in [2.75, 3.05) is 0 Å². The van der Waals surface area contributed by atoms with Crippen molar-refractivity contribution < 1.29 is 13.2 Å². The first-order valence-corrected chi connectivity index (χ1v) is 6.71. The van der Waals surface area contributed by atoms with Gasteiger partial charge in [-0.2, -0.15) is 13.2 Å². The standard InChI is InChI=1S/C13H17BrF3N/c1-10(5-4-8-13(15,16)17)18-9-11-6-2-3-7-12(11)14/h2-3,6-7,10,18H,4-5,8-9H2,1H3. The highest BCUT2D eigenvalue weighted by molar-refractivity contribution is 9.10. The third-order valence-corrected chi connectivity index (χ3v) is 3.47. The fraction of sp³-hybridized carbons (Fsp3) is 0.538. The Labute approximate surface area is 114 Å². The molecule has 1 atom stereocenters. The molecule has 1 N–H and O–H groups in total. The average molecular weight is 324 g/mol. The lowest BCUT2D eigenvalue weighted by molar-refractivity contribution is -0.135. The molecular formula is C13H17BrF3N. The molecule has 0 aromatic heterocycles. The van der Waals surface area contributed by atoms with Crippen LogP contribution in [0.1, 0.15) is 31.7 Å². The second-order valence-electron chi connectivity index (χ2n) is 4.38. The van der Waals surface area contributed by atoms with Crippen LogP contribution in [0.4, 0.5) is 13.2 Å². The Kier molecular flexibility index (Phi) is 6.15. The molecule has 1 aromatic rings. The highest BCUT2D eigenvalue weighted by Gasteiger charge is 2.26. The molecule has 0 heterocycles. The summed E-state index contributed by atoms with van der Waals surface area (Å²) < 4.78 is 37.0. The molecule has 1 rings (SSSR count). The maximum Gasteiger partial charge on any atom is 0.389 e. The Morgan fingerprint density at radius 3 is 2.56 bits per heavy atom. The lowest BCUT2D eigenvalue weighted by atomic mass is 10.1. The number of benzene rings is 1. The number of rotatable bonds is 6. The molecule has 1 aromatic carbocycles. The van der Waals surface area contributed by atoms with Gasteiger partial charge in [0, 0.05) is 23.5 Å². The van der Waals surface area contributed by atoms with Crippen LogP contribution in [0, 0.1) is 0 Å². The molecule has 0 aliphatic carbocycles. The molecule has 0 saturated heterocycles. The largest absolute Gasteiger partial charge is 0.389 e. The van der Waals surface area contributed by atoms with Crippen LogP contribution in [0.3, 0.4) is 0 Å². The summed E-state index contributed by atoms with van der Waals surface area (Å²) in [5, 5.41) is 3.23. The van der Waals surface area contributed by atoms with E-state index in [0.717, 1.165) is 10.0 Å². The first-order valence-electron chi connectivity index (χ1n) is 5.92. The number of nitrogens with one attached hydrogen (secondary N) is 1. The third-order valence-electron chi connectivity index (χ3n) is 2.70. The second kappa shape index (κ2) is 7.14. The summed E-state index contributed by atoms with van der Waals surface area (Å²) in [5.74, 6) is 0. The molecule has 0 amide bonds. The minimum absolute atomic E-state index is 0.0828. The van der Waals surface area contributed by atoms with Crippen LogP contribution in [0.25, 0.3) is 0 Å². The summed E-state index contributed by atoms with van der Waals surface area (Å²) in [6, 6.07) is 7.89. The minimum atomic E-state index is -4.04. The van der Waals surface area contributed by atoms with Gasteiger partial charge in [0.2, 0.25) is 0 Å². The van der Waals surface area contributed by atoms with Crippen LogP contribution >= 0.6 is 15.9 Å². The Hall–Kier alpha value is -0.550. The monoisotopic (exact) mass is 323 g/mol. The molecule has 0 bridgehead atoms. The first-order chi connectivity index (χ1) is 8.38. The topological polar surface area (TPSA) is 12.0 Å². The van der Waals surface area contributed by atoms with Gasteiger partial charge < -0.3 is 5.32 Å². The van der Waals surface area contributed by atoms with Gasteiger partial charge in [0.15, 0.2) is 0 Å². The van der Waals surface area contributed by atoms with Gasteiger partial charge in [0.05, 0.1) is 0 Å². The van der Waals surface area contributed by atoms with Crippen LogP contribution < -0.4 is 5.32 Å². The fourth-order valence-corrected chi connectivity index (χ4v) is 2.06. The Balaban J connectivity index is 2.25. The van der Waals surface area contributed by atoms with Gasteiger partial charge in [-0.3, -0.25) is 0 Å². The molecule has 0 fully saturated rings. The van der Waals surface area contributed by atoms with Crippen molar-refractivity contribution >= 4 is 15.9 Å². The summed E-state index contributed by atoms with van der Waals surface area (Å²) in [6.07, 6.45) is -4.03. The van der Waals surface area contributed by atoms with E-state index in [9.17, 15) is 13.2 Å². The van der Waals surface area contributed by atoms with Crippen molar-refractivity contribution in [2.45, 2.75) is 44.9 Å². The number of hydrogen-bond acceptors (Lipinski definition) is 1. The smallest absolute Gasteiger partial charge is 0.310 e. The van der Waals surface area contributed by atoms with Crippen molar-refractivity contribution in [3.05, 3.63) is 34.3 Å². The lowest BCUT2D eigenvalue weighted by Gasteiger charge is -2.15. The predicted octanol–water partition coefficient (Wildman–Crippen LogP) is 4.66. The van der Waals surface area contributed by atoms with Gasteiger partial charge in [-0.25, -0.2) is 0 Å². The molecule has 0 aliphatic rings. The van der Waals surface area contributed by atoms with Crippen molar-refractivity contribution in [1.29, 1.82) is 0 Å². The van der Waals surface area contributed by atoms with Gasteiger partial charge >= 0.3 is 6.18 Å². The van der Waals surface area contributed by atoms with Crippen molar-refractivity contribution in [3.63, 3.8) is 0 Å². The average Bonchev–Trinajstić information content (AvgIpc) is 2.26. The van der Waals surface area contributed by atoms with Gasteiger partial charge in [-0.05, 0) is 31.4 Å². The van der Waals surface area contributed by atoms with E-state index in [1.54, 1.807) is 0 Å². The van der Waals surface area contributed by atoms with Crippen LogP contribution in [0.15, 0.2) is 28.7 Å². The first kappa shape index (κ1) is 15.5. The number of hydrogen-bond donors (Lipinski definition) is 1. The van der Waals surface area contributed by atoms with E-state index < -0.39 is 12.6 Å². The number of alkyl halides is 3. The van der Waals surface area contributed by atoms with E-state index in [1.165, 1.54) is 0 Å². The Bertz CT molecular complexity index is 365. The quantitative estimate of drug-likeness (QED) is 0.802. The summed E-state index contributed by atoms with van der Waals surface area (Å²) in [4.78, 5) is 0. The highest BCUT2D eigenvalue weighted by Crippen LogP contribution is 2.22. The van der Waals surface area contributed by atoms with Crippen molar-refractivity contribution in [3.8, 4) is 0 Å². The van der Waals surface area contributed by atoms with E-state index in [-0.39, 0.29) is 12.5 Å². The molecule has 1 nitrogen and oxygen atoms in total. The normalized spacial score (nSPS) is 13.6. The molecule has 0 aliphatic heterocycles. The minimum Gasteiger partial charge on any atom is -0.310 e.